The summed E-state index contributed by atoms with van der Waals surface area (Å²) in [5.41, 5.74) is 6.09. The molecule has 2 aromatic carbocycles. The van der Waals surface area contributed by atoms with Crippen molar-refractivity contribution in [1.29, 1.82) is 0 Å². The van der Waals surface area contributed by atoms with E-state index in [1.807, 2.05) is 0 Å². The van der Waals surface area contributed by atoms with Crippen LogP contribution in [0.25, 0.3) is 5.57 Å². The van der Waals surface area contributed by atoms with E-state index in [9.17, 15) is 5.11 Å². The lowest BCUT2D eigenvalue weighted by Crippen LogP contribution is -2.54. The van der Waals surface area contributed by atoms with Gasteiger partial charge in [0, 0.05) is 5.41 Å². The average molecular weight is 495 g/mol. The summed E-state index contributed by atoms with van der Waals surface area (Å²) in [5.74, 6) is 3.72. The van der Waals surface area contributed by atoms with Gasteiger partial charge in [0.25, 0.3) is 0 Å². The molecule has 37 heavy (non-hydrogen) atoms. The Morgan fingerprint density at radius 3 is 2.27 bits per heavy atom. The normalized spacial score (nSPS) is 37.5. The average Bonchev–Trinajstić information content (AvgIpc) is 3.28. The molecule has 0 aromatic heterocycles. The number of rotatable bonds is 5. The zero-order valence-electron chi connectivity index (χ0n) is 23.2. The second-order valence-electron chi connectivity index (χ2n) is 13.3. The van der Waals surface area contributed by atoms with Gasteiger partial charge in [0.15, 0.2) is 0 Å². The van der Waals surface area contributed by atoms with E-state index in [0.717, 1.165) is 30.6 Å². The molecule has 196 valence electrons. The van der Waals surface area contributed by atoms with Crippen LogP contribution in [0.5, 0.6) is 0 Å². The highest BCUT2D eigenvalue weighted by atomic mass is 16.3. The van der Waals surface area contributed by atoms with E-state index in [2.05, 4.69) is 93.6 Å². The third-order valence-corrected chi connectivity index (χ3v) is 11.8. The van der Waals surface area contributed by atoms with Crippen LogP contribution in [0.2, 0.25) is 0 Å². The van der Waals surface area contributed by atoms with Crippen LogP contribution in [0.15, 0.2) is 78.4 Å². The lowest BCUT2D eigenvalue weighted by molar-refractivity contribution is -0.0926. The molecule has 4 aliphatic rings. The predicted octanol–water partition coefficient (Wildman–Crippen LogP) is 9.08. The van der Waals surface area contributed by atoms with Crippen LogP contribution >= 0.6 is 0 Å². The van der Waals surface area contributed by atoms with Gasteiger partial charge < -0.3 is 5.11 Å². The Morgan fingerprint density at radius 2 is 1.59 bits per heavy atom. The van der Waals surface area contributed by atoms with E-state index in [1.165, 1.54) is 61.6 Å². The van der Waals surface area contributed by atoms with Crippen LogP contribution in [0, 0.1) is 40.4 Å². The summed E-state index contributed by atoms with van der Waals surface area (Å²) in [6.07, 6.45) is 16.2. The topological polar surface area (TPSA) is 20.2 Å². The van der Waals surface area contributed by atoms with Gasteiger partial charge in [0.2, 0.25) is 0 Å². The Hall–Kier alpha value is -2.12. The van der Waals surface area contributed by atoms with Gasteiger partial charge in [0.1, 0.15) is 0 Å². The fourth-order valence-electron chi connectivity index (χ4n) is 9.80. The highest BCUT2D eigenvalue weighted by Crippen LogP contribution is 2.67. The maximum atomic E-state index is 11.2. The van der Waals surface area contributed by atoms with Gasteiger partial charge in [-0.1, -0.05) is 99.2 Å². The first-order valence-electron chi connectivity index (χ1n) is 15.1. The summed E-state index contributed by atoms with van der Waals surface area (Å²) in [6.45, 7) is 7.61. The van der Waals surface area contributed by atoms with Gasteiger partial charge >= 0.3 is 0 Å². The molecule has 1 heteroatoms. The summed E-state index contributed by atoms with van der Waals surface area (Å²) in [6, 6.07) is 21.9. The maximum Gasteiger partial charge on any atom is 0.0633 e. The lowest BCUT2D eigenvalue weighted by atomic mass is 9.46. The highest BCUT2D eigenvalue weighted by Gasteiger charge is 2.60. The van der Waals surface area contributed by atoms with Crippen LogP contribution in [0.3, 0.4) is 0 Å². The molecule has 0 spiro atoms. The van der Waals surface area contributed by atoms with Crippen molar-refractivity contribution in [3.8, 4) is 0 Å². The molecule has 0 bridgehead atoms. The number of fused-ring (bicyclic) bond motifs is 5. The summed E-state index contributed by atoms with van der Waals surface area (Å²) in [7, 11) is 0. The molecule has 3 saturated carbocycles. The molecule has 1 N–H and O–H groups in total. The van der Waals surface area contributed by atoms with Crippen LogP contribution in [-0.2, 0) is 0 Å². The van der Waals surface area contributed by atoms with E-state index in [-0.39, 0.29) is 11.5 Å². The van der Waals surface area contributed by atoms with Gasteiger partial charge in [-0.05, 0) is 109 Å². The molecule has 0 amide bonds. The molecule has 6 rings (SSSR count). The minimum absolute atomic E-state index is 0.0369. The van der Waals surface area contributed by atoms with Gasteiger partial charge in [-0.25, -0.2) is 0 Å². The van der Waals surface area contributed by atoms with Crippen LogP contribution in [-0.4, -0.2) is 11.2 Å². The Bertz CT molecular complexity index is 1100. The van der Waals surface area contributed by atoms with E-state index in [0.29, 0.717) is 17.3 Å². The zero-order chi connectivity index (χ0) is 25.6. The van der Waals surface area contributed by atoms with Crippen molar-refractivity contribution < 1.29 is 5.11 Å². The van der Waals surface area contributed by atoms with E-state index < -0.39 is 0 Å². The van der Waals surface area contributed by atoms with Crippen molar-refractivity contribution in [3.63, 3.8) is 0 Å². The fourth-order valence-corrected chi connectivity index (χ4v) is 9.80. The predicted molar refractivity (Wildman–Crippen MR) is 155 cm³/mol. The standard InChI is InChI=1S/C36H46O/c1-25(17-19-29(26-11-6-4-7-12-26)27-13-8-5-9-14-27)31-21-22-32-30-20-18-28-15-10-16-34(37)36(28,3)33(30)23-24-35(31,32)2/h4-9,11-14,18-19,25,30-34,37H,10,15-17,20-24H2,1-3H3/t25-,30-,31+,32-,33-,34-,35+,36-/m0/s1. The molecule has 0 unspecified atom stereocenters. The van der Waals surface area contributed by atoms with Crippen LogP contribution < -0.4 is 0 Å². The number of aliphatic hydroxyl groups is 1. The third kappa shape index (κ3) is 4.17. The van der Waals surface area contributed by atoms with Crippen molar-refractivity contribution in [1.82, 2.24) is 0 Å². The van der Waals surface area contributed by atoms with Gasteiger partial charge in [-0.2, -0.15) is 0 Å². The molecule has 0 saturated heterocycles. The van der Waals surface area contributed by atoms with Crippen molar-refractivity contribution in [2.75, 3.05) is 0 Å². The van der Waals surface area contributed by atoms with E-state index in [4.69, 9.17) is 0 Å². The first-order valence-corrected chi connectivity index (χ1v) is 15.1. The van der Waals surface area contributed by atoms with Crippen molar-refractivity contribution in [3.05, 3.63) is 89.5 Å². The number of allylic oxidation sites excluding steroid dienone is 2. The monoisotopic (exact) mass is 494 g/mol. The number of hydrogen-bond acceptors (Lipinski definition) is 1. The molecule has 0 radical (unpaired) electrons. The molecule has 0 heterocycles. The molecular weight excluding hydrogens is 448 g/mol. The Balaban J connectivity index is 1.24. The quantitative estimate of drug-likeness (QED) is 0.411. The first kappa shape index (κ1) is 25.2. The summed E-state index contributed by atoms with van der Waals surface area (Å²) in [5, 5.41) is 11.2. The SMILES string of the molecule is C[C@@H](CC=C(c1ccccc1)c1ccccc1)[C@H]1CC[C@H]2[C@@H]3CC=C4CCC[C@H](O)[C@]4(C)[C@H]3CC[C@]12C. The van der Waals surface area contributed by atoms with Gasteiger partial charge in [0.05, 0.1) is 6.10 Å². The number of benzene rings is 2. The molecule has 3 fully saturated rings. The van der Waals surface area contributed by atoms with Gasteiger partial charge in [-0.15, -0.1) is 0 Å². The molecule has 4 aliphatic carbocycles. The first-order chi connectivity index (χ1) is 17.9. The maximum absolute atomic E-state index is 11.2. The summed E-state index contributed by atoms with van der Waals surface area (Å²) >= 11 is 0. The molecule has 1 nitrogen and oxygen atoms in total. The highest BCUT2D eigenvalue weighted by molar-refractivity contribution is 5.79. The summed E-state index contributed by atoms with van der Waals surface area (Å²) < 4.78 is 0. The number of aliphatic hydroxyl groups excluding tert-OH is 1. The van der Waals surface area contributed by atoms with E-state index >= 15 is 0 Å². The van der Waals surface area contributed by atoms with Crippen molar-refractivity contribution >= 4 is 5.57 Å². The minimum atomic E-state index is -0.139. The molecule has 2 aromatic rings. The molecule has 8 atom stereocenters. The Morgan fingerprint density at radius 1 is 0.919 bits per heavy atom. The lowest BCUT2D eigenvalue weighted by Gasteiger charge is -2.59. The second kappa shape index (κ2) is 9.88. The number of hydrogen-bond donors (Lipinski definition) is 1. The second-order valence-corrected chi connectivity index (χ2v) is 13.3. The van der Waals surface area contributed by atoms with Crippen LogP contribution in [0.4, 0.5) is 0 Å². The Kier molecular flexibility index (Phi) is 6.72. The summed E-state index contributed by atoms with van der Waals surface area (Å²) in [4.78, 5) is 0. The fraction of sp³-hybridized carbons (Fsp3) is 0.556. The zero-order valence-corrected chi connectivity index (χ0v) is 23.2. The van der Waals surface area contributed by atoms with Crippen molar-refractivity contribution in [2.45, 2.75) is 84.7 Å². The third-order valence-electron chi connectivity index (χ3n) is 11.8. The minimum Gasteiger partial charge on any atom is -0.392 e. The largest absolute Gasteiger partial charge is 0.392 e. The van der Waals surface area contributed by atoms with Crippen molar-refractivity contribution in [2.24, 2.45) is 40.4 Å². The Labute approximate surface area is 225 Å². The van der Waals surface area contributed by atoms with Gasteiger partial charge in [-0.3, -0.25) is 0 Å². The van der Waals surface area contributed by atoms with E-state index in [1.54, 1.807) is 5.57 Å². The van der Waals surface area contributed by atoms with Crippen LogP contribution in [0.1, 0.15) is 89.7 Å². The molecule has 0 aliphatic heterocycles. The molecular formula is C36H46O. The smallest absolute Gasteiger partial charge is 0.0633 e.